The lowest BCUT2D eigenvalue weighted by atomic mass is 10.0. The predicted molar refractivity (Wildman–Crippen MR) is 145 cm³/mol. The maximum Gasteiger partial charge on any atom is 0.339 e. The first-order valence-electron chi connectivity index (χ1n) is 12.5. The fraction of sp³-hybridized carbons (Fsp3) is 0.161. The van der Waals surface area contributed by atoms with E-state index in [0.29, 0.717) is 52.1 Å². The molecule has 192 valence electrons. The van der Waals surface area contributed by atoms with E-state index in [2.05, 4.69) is 5.32 Å². The Morgan fingerprint density at radius 2 is 1.85 bits per heavy atom. The minimum atomic E-state index is -1.09. The monoisotopic (exact) mass is 517 g/mol. The zero-order valence-corrected chi connectivity index (χ0v) is 21.1. The van der Waals surface area contributed by atoms with E-state index in [-0.39, 0.29) is 6.79 Å². The van der Waals surface area contributed by atoms with Crippen LogP contribution in [0.2, 0.25) is 0 Å². The molecule has 1 aliphatic carbocycles. The minimum absolute atomic E-state index is 0.207. The number of anilines is 1. The van der Waals surface area contributed by atoms with Gasteiger partial charge in [0, 0.05) is 5.39 Å². The number of aromatic nitrogens is 1. The van der Waals surface area contributed by atoms with Crippen LogP contribution in [0.3, 0.4) is 0 Å². The maximum atomic E-state index is 13.6. The summed E-state index contributed by atoms with van der Waals surface area (Å²) >= 11 is 0. The fourth-order valence-electron chi connectivity index (χ4n) is 4.91. The lowest BCUT2D eigenvalue weighted by molar-refractivity contribution is -0.123. The summed E-state index contributed by atoms with van der Waals surface area (Å²) in [5.41, 5.74) is 5.27. The molecule has 8 nitrogen and oxygen atoms in total. The van der Waals surface area contributed by atoms with Gasteiger partial charge in [-0.05, 0) is 72.9 Å². The van der Waals surface area contributed by atoms with Gasteiger partial charge < -0.3 is 19.5 Å². The van der Waals surface area contributed by atoms with Gasteiger partial charge in [0.05, 0.1) is 28.0 Å². The van der Waals surface area contributed by atoms with Gasteiger partial charge in [0.2, 0.25) is 6.79 Å². The second kappa shape index (κ2) is 9.95. The number of amides is 1. The van der Waals surface area contributed by atoms with Crippen LogP contribution in [0.15, 0.2) is 66.7 Å². The van der Waals surface area contributed by atoms with Crippen molar-refractivity contribution in [2.75, 3.05) is 12.1 Å². The van der Waals surface area contributed by atoms with E-state index in [1.54, 1.807) is 24.3 Å². The van der Waals surface area contributed by atoms with Crippen LogP contribution in [-0.4, -0.2) is 29.8 Å². The average molecular weight is 518 g/mol. The predicted octanol–water partition coefficient (Wildman–Crippen LogP) is 5.51. The molecule has 0 saturated heterocycles. The first kappa shape index (κ1) is 24.2. The van der Waals surface area contributed by atoms with Gasteiger partial charge in [0.15, 0.2) is 17.6 Å². The molecule has 1 amide bonds. The second-order valence-electron chi connectivity index (χ2n) is 9.31. The van der Waals surface area contributed by atoms with Gasteiger partial charge in [-0.1, -0.05) is 36.4 Å². The lowest BCUT2D eigenvalue weighted by Crippen LogP contribution is -2.30. The van der Waals surface area contributed by atoms with Crippen molar-refractivity contribution in [3.63, 3.8) is 0 Å². The highest BCUT2D eigenvalue weighted by Crippen LogP contribution is 2.39. The number of fused-ring (bicyclic) bond motifs is 3. The van der Waals surface area contributed by atoms with Gasteiger partial charge in [-0.2, -0.15) is 5.26 Å². The molecule has 0 radical (unpaired) electrons. The molecule has 1 aliphatic heterocycles. The van der Waals surface area contributed by atoms with Crippen molar-refractivity contribution >= 4 is 40.1 Å². The van der Waals surface area contributed by atoms with Gasteiger partial charge in [-0.3, -0.25) is 4.79 Å². The number of hydrogen-bond acceptors (Lipinski definition) is 7. The normalized spacial score (nSPS) is 15.0. The van der Waals surface area contributed by atoms with Gasteiger partial charge in [-0.15, -0.1) is 0 Å². The lowest BCUT2D eigenvalue weighted by Gasteiger charge is -2.17. The highest BCUT2D eigenvalue weighted by Gasteiger charge is 2.29. The van der Waals surface area contributed by atoms with E-state index in [9.17, 15) is 14.9 Å². The SMILES string of the molecule is C[C@H](OC(=O)c1c2c(nc3ccccc13)/C(=C/c1ccc3c(c1)OCO3)CC2)C(=O)Nc1ccccc1C#N. The van der Waals surface area contributed by atoms with Crippen LogP contribution in [0, 0.1) is 11.3 Å². The number of nitrogens with zero attached hydrogens (tertiary/aromatic N) is 2. The third kappa shape index (κ3) is 4.55. The molecule has 6 rings (SSSR count). The number of hydrogen-bond donors (Lipinski definition) is 1. The molecule has 1 N–H and O–H groups in total. The minimum Gasteiger partial charge on any atom is -0.454 e. The van der Waals surface area contributed by atoms with Gasteiger partial charge in [0.25, 0.3) is 5.91 Å². The molecular weight excluding hydrogens is 494 g/mol. The first-order chi connectivity index (χ1) is 19.0. The Bertz CT molecular complexity index is 1720. The van der Waals surface area contributed by atoms with Gasteiger partial charge >= 0.3 is 5.97 Å². The molecule has 0 bridgehead atoms. The van der Waals surface area contributed by atoms with Crippen molar-refractivity contribution in [1.82, 2.24) is 4.98 Å². The number of ether oxygens (including phenoxy) is 3. The van der Waals surface area contributed by atoms with Crippen LogP contribution in [0.5, 0.6) is 11.5 Å². The third-order valence-corrected chi connectivity index (χ3v) is 6.84. The standard InChI is InChI=1S/C31H23N3O5/c1-18(30(35)34-24-8-4-2-6-21(24)16-32)39-31(36)28-22-7-3-5-9-25(22)33-29-20(11-12-23(28)29)14-19-10-13-26-27(15-19)38-17-37-26/h2-10,13-15,18H,11-12,17H2,1H3,(H,34,35)/b20-14+/t18-/m0/s1. The third-order valence-electron chi connectivity index (χ3n) is 6.84. The molecule has 2 aliphatic rings. The number of nitrogens with one attached hydrogen (secondary N) is 1. The molecule has 3 aromatic carbocycles. The smallest absolute Gasteiger partial charge is 0.339 e. The number of para-hydroxylation sites is 2. The first-order valence-corrected chi connectivity index (χ1v) is 12.5. The topological polar surface area (TPSA) is 111 Å². The highest BCUT2D eigenvalue weighted by atomic mass is 16.7. The Balaban J connectivity index is 1.31. The Morgan fingerprint density at radius 1 is 1.05 bits per heavy atom. The number of nitriles is 1. The molecule has 1 atom stereocenters. The van der Waals surface area contributed by atoms with Gasteiger partial charge in [0.1, 0.15) is 6.07 Å². The van der Waals surface area contributed by atoms with E-state index in [0.717, 1.165) is 22.4 Å². The van der Waals surface area contributed by atoms with Crippen molar-refractivity contribution < 1.29 is 23.8 Å². The van der Waals surface area contributed by atoms with Crippen molar-refractivity contribution in [2.24, 2.45) is 0 Å². The summed E-state index contributed by atoms with van der Waals surface area (Å²) in [6.07, 6.45) is 2.28. The quantitative estimate of drug-likeness (QED) is 0.348. The Kier molecular flexibility index (Phi) is 6.17. The molecule has 2 heterocycles. The van der Waals surface area contributed by atoms with Gasteiger partial charge in [-0.25, -0.2) is 9.78 Å². The van der Waals surface area contributed by atoms with Crippen molar-refractivity contribution in [3.8, 4) is 17.6 Å². The molecule has 0 saturated carbocycles. The summed E-state index contributed by atoms with van der Waals surface area (Å²) in [4.78, 5) is 31.3. The average Bonchev–Trinajstić information content (AvgIpc) is 3.58. The summed E-state index contributed by atoms with van der Waals surface area (Å²) in [6.45, 7) is 1.72. The number of esters is 1. The molecule has 8 heteroatoms. The number of allylic oxidation sites excluding steroid dienone is 1. The van der Waals surface area contributed by atoms with Crippen LogP contribution in [-0.2, 0) is 16.0 Å². The molecule has 0 unspecified atom stereocenters. The fourth-order valence-corrected chi connectivity index (χ4v) is 4.91. The van der Waals surface area contributed by atoms with E-state index in [1.807, 2.05) is 54.6 Å². The molecule has 0 fully saturated rings. The van der Waals surface area contributed by atoms with Crippen LogP contribution < -0.4 is 14.8 Å². The Labute approximate surface area is 224 Å². The van der Waals surface area contributed by atoms with E-state index in [1.165, 1.54) is 6.92 Å². The number of pyridine rings is 1. The molecule has 0 spiro atoms. The summed E-state index contributed by atoms with van der Waals surface area (Å²) in [7, 11) is 0. The summed E-state index contributed by atoms with van der Waals surface area (Å²) in [5.74, 6) is 0.296. The Morgan fingerprint density at radius 3 is 2.72 bits per heavy atom. The Hall–Kier alpha value is -5.16. The van der Waals surface area contributed by atoms with Crippen LogP contribution in [0.1, 0.15) is 46.1 Å². The molecular formula is C31H23N3O5. The molecule has 1 aromatic heterocycles. The van der Waals surface area contributed by atoms with Crippen LogP contribution in [0.25, 0.3) is 22.6 Å². The van der Waals surface area contributed by atoms with Crippen LogP contribution in [0.4, 0.5) is 5.69 Å². The summed E-state index contributed by atoms with van der Waals surface area (Å²) < 4.78 is 16.6. The zero-order valence-electron chi connectivity index (χ0n) is 21.1. The number of rotatable bonds is 5. The van der Waals surface area contributed by atoms with E-state index >= 15 is 0 Å². The summed E-state index contributed by atoms with van der Waals surface area (Å²) in [5, 5.41) is 12.7. The molecule has 4 aromatic rings. The van der Waals surface area contributed by atoms with Crippen molar-refractivity contribution in [3.05, 3.63) is 94.7 Å². The van der Waals surface area contributed by atoms with Crippen LogP contribution >= 0.6 is 0 Å². The number of benzene rings is 3. The van der Waals surface area contributed by atoms with Crippen molar-refractivity contribution in [1.29, 1.82) is 5.26 Å². The maximum absolute atomic E-state index is 13.6. The zero-order chi connectivity index (χ0) is 26.9. The van der Waals surface area contributed by atoms with E-state index in [4.69, 9.17) is 19.2 Å². The second-order valence-corrected chi connectivity index (χ2v) is 9.31. The number of carbonyl (C=O) groups excluding carboxylic acids is 2. The number of carbonyl (C=O) groups is 2. The van der Waals surface area contributed by atoms with E-state index < -0.39 is 18.0 Å². The highest BCUT2D eigenvalue weighted by molar-refractivity contribution is 6.08. The largest absolute Gasteiger partial charge is 0.454 e. The summed E-state index contributed by atoms with van der Waals surface area (Å²) in [6, 6.07) is 21.9. The molecule has 39 heavy (non-hydrogen) atoms. The van der Waals surface area contributed by atoms with Crippen molar-refractivity contribution in [2.45, 2.75) is 25.9 Å².